The summed E-state index contributed by atoms with van der Waals surface area (Å²) >= 11 is 4.70. The molecule has 2 aromatic carbocycles. The highest BCUT2D eigenvalue weighted by atomic mass is 79.9. The summed E-state index contributed by atoms with van der Waals surface area (Å²) in [5, 5.41) is 3.00. The van der Waals surface area contributed by atoms with E-state index in [0.717, 1.165) is 5.56 Å². The predicted octanol–water partition coefficient (Wildman–Crippen LogP) is 4.92. The molecule has 0 saturated carbocycles. The van der Waals surface area contributed by atoms with Crippen molar-refractivity contribution in [3.63, 3.8) is 0 Å². The van der Waals surface area contributed by atoms with Crippen LogP contribution < -0.4 is 5.32 Å². The molecule has 1 heterocycles. The molecule has 0 atom stereocenters. The van der Waals surface area contributed by atoms with Crippen LogP contribution >= 0.6 is 27.7 Å². The fraction of sp³-hybridized carbons (Fsp3) is 0.0556. The Morgan fingerprint density at radius 1 is 1.12 bits per heavy atom. The van der Waals surface area contributed by atoms with Gasteiger partial charge in [0.15, 0.2) is 5.16 Å². The number of hydrogen-bond acceptors (Lipinski definition) is 4. The highest BCUT2D eigenvalue weighted by Crippen LogP contribution is 2.23. The van der Waals surface area contributed by atoms with E-state index in [0.29, 0.717) is 15.4 Å². The fourth-order valence-corrected chi connectivity index (χ4v) is 3.19. The number of nitrogens with zero attached hydrogens (tertiary/aromatic N) is 2. The van der Waals surface area contributed by atoms with E-state index >= 15 is 0 Å². The van der Waals surface area contributed by atoms with E-state index in [9.17, 15) is 9.18 Å². The normalized spacial score (nSPS) is 10.5. The molecule has 1 N–H and O–H groups in total. The van der Waals surface area contributed by atoms with Gasteiger partial charge in [0.05, 0.1) is 10.2 Å². The average Bonchev–Trinajstić information content (AvgIpc) is 2.63. The number of thioether (sulfide) groups is 1. The standard InChI is InChI=1S/C18H13BrFN3OS/c19-13-10-21-18(25-11-12-6-2-1-3-7-12)23-16(13)17(24)22-15-9-5-4-8-14(15)20/h1-10H,11H2,(H,22,24). The van der Waals surface area contributed by atoms with Crippen molar-refractivity contribution < 1.29 is 9.18 Å². The minimum atomic E-state index is -0.500. The van der Waals surface area contributed by atoms with Gasteiger partial charge in [0.1, 0.15) is 11.5 Å². The van der Waals surface area contributed by atoms with Gasteiger partial charge in [0, 0.05) is 11.9 Å². The van der Waals surface area contributed by atoms with Crippen molar-refractivity contribution in [2.75, 3.05) is 5.32 Å². The van der Waals surface area contributed by atoms with Crippen LogP contribution in [-0.2, 0) is 5.75 Å². The van der Waals surface area contributed by atoms with Gasteiger partial charge < -0.3 is 5.32 Å². The molecular weight excluding hydrogens is 405 g/mol. The lowest BCUT2D eigenvalue weighted by Gasteiger charge is -2.08. The van der Waals surface area contributed by atoms with Crippen LogP contribution in [0.4, 0.5) is 10.1 Å². The Kier molecular flexibility index (Phi) is 5.78. The number of hydrogen-bond donors (Lipinski definition) is 1. The number of benzene rings is 2. The number of amides is 1. The molecule has 25 heavy (non-hydrogen) atoms. The minimum absolute atomic E-state index is 0.108. The monoisotopic (exact) mass is 417 g/mol. The Balaban J connectivity index is 1.75. The van der Waals surface area contributed by atoms with Gasteiger partial charge in [-0.05, 0) is 33.6 Å². The van der Waals surface area contributed by atoms with Crippen molar-refractivity contribution in [1.82, 2.24) is 9.97 Å². The van der Waals surface area contributed by atoms with E-state index < -0.39 is 11.7 Å². The first-order chi connectivity index (χ1) is 12.1. The maximum atomic E-state index is 13.7. The first-order valence-corrected chi connectivity index (χ1v) is 9.16. The van der Waals surface area contributed by atoms with Crippen molar-refractivity contribution in [3.8, 4) is 0 Å². The molecule has 4 nitrogen and oxygen atoms in total. The minimum Gasteiger partial charge on any atom is -0.318 e. The van der Waals surface area contributed by atoms with E-state index in [1.165, 1.54) is 30.1 Å². The van der Waals surface area contributed by atoms with E-state index in [2.05, 4.69) is 31.2 Å². The third-order valence-electron chi connectivity index (χ3n) is 3.27. The molecule has 7 heteroatoms. The van der Waals surface area contributed by atoms with E-state index in [1.54, 1.807) is 12.1 Å². The molecule has 3 rings (SSSR count). The van der Waals surface area contributed by atoms with Crippen molar-refractivity contribution in [2.45, 2.75) is 10.9 Å². The van der Waals surface area contributed by atoms with Gasteiger partial charge >= 0.3 is 0 Å². The van der Waals surface area contributed by atoms with Crippen LogP contribution in [0.25, 0.3) is 0 Å². The lowest BCUT2D eigenvalue weighted by atomic mass is 10.2. The number of aromatic nitrogens is 2. The molecule has 0 radical (unpaired) electrons. The molecular formula is C18H13BrFN3OS. The van der Waals surface area contributed by atoms with Crippen LogP contribution in [0.3, 0.4) is 0 Å². The van der Waals surface area contributed by atoms with Gasteiger partial charge in [-0.25, -0.2) is 14.4 Å². The molecule has 1 aromatic heterocycles. The Morgan fingerprint density at radius 2 is 1.84 bits per heavy atom. The predicted molar refractivity (Wildman–Crippen MR) is 100 cm³/mol. The Labute approximate surface area is 157 Å². The summed E-state index contributed by atoms with van der Waals surface area (Å²) in [5.74, 6) is -0.308. The number of para-hydroxylation sites is 1. The zero-order chi connectivity index (χ0) is 17.6. The molecule has 0 fully saturated rings. The quantitative estimate of drug-likeness (QED) is 0.472. The number of rotatable bonds is 5. The molecule has 0 bridgehead atoms. The molecule has 1 amide bonds. The largest absolute Gasteiger partial charge is 0.318 e. The van der Waals surface area contributed by atoms with Crippen molar-refractivity contribution in [1.29, 1.82) is 0 Å². The lowest BCUT2D eigenvalue weighted by molar-refractivity contribution is 0.102. The van der Waals surface area contributed by atoms with Crippen LogP contribution in [0, 0.1) is 5.82 Å². The van der Waals surface area contributed by atoms with Crippen LogP contribution in [0.5, 0.6) is 0 Å². The highest BCUT2D eigenvalue weighted by molar-refractivity contribution is 9.10. The summed E-state index contributed by atoms with van der Waals surface area (Å²) in [6.07, 6.45) is 1.52. The summed E-state index contributed by atoms with van der Waals surface area (Å²) in [7, 11) is 0. The van der Waals surface area contributed by atoms with E-state index in [4.69, 9.17) is 0 Å². The highest BCUT2D eigenvalue weighted by Gasteiger charge is 2.16. The SMILES string of the molecule is O=C(Nc1ccccc1F)c1nc(SCc2ccccc2)ncc1Br. The first-order valence-electron chi connectivity index (χ1n) is 7.38. The van der Waals surface area contributed by atoms with Gasteiger partial charge in [-0.1, -0.05) is 54.2 Å². The summed E-state index contributed by atoms with van der Waals surface area (Å²) < 4.78 is 14.1. The summed E-state index contributed by atoms with van der Waals surface area (Å²) in [6.45, 7) is 0. The molecule has 0 spiro atoms. The molecule has 0 saturated heterocycles. The zero-order valence-corrected chi connectivity index (χ0v) is 15.3. The van der Waals surface area contributed by atoms with E-state index in [1.807, 2.05) is 30.3 Å². The Morgan fingerprint density at radius 3 is 2.60 bits per heavy atom. The van der Waals surface area contributed by atoms with Gasteiger partial charge in [-0.15, -0.1) is 0 Å². The number of halogens is 2. The van der Waals surface area contributed by atoms with Crippen LogP contribution in [0.1, 0.15) is 16.1 Å². The van der Waals surface area contributed by atoms with Crippen LogP contribution in [0.15, 0.2) is 70.4 Å². The van der Waals surface area contributed by atoms with Gasteiger partial charge in [0.2, 0.25) is 0 Å². The zero-order valence-electron chi connectivity index (χ0n) is 12.9. The van der Waals surface area contributed by atoms with Crippen molar-refractivity contribution >= 4 is 39.3 Å². The number of carbonyl (C=O) groups excluding carboxylic acids is 1. The van der Waals surface area contributed by atoms with Crippen molar-refractivity contribution in [2.24, 2.45) is 0 Å². The van der Waals surface area contributed by atoms with Gasteiger partial charge in [-0.3, -0.25) is 4.79 Å². The molecule has 0 unspecified atom stereocenters. The summed E-state index contributed by atoms with van der Waals surface area (Å²) in [4.78, 5) is 20.9. The number of carbonyl (C=O) groups is 1. The molecule has 126 valence electrons. The third kappa shape index (κ3) is 4.64. The summed E-state index contributed by atoms with van der Waals surface area (Å²) in [6, 6.07) is 15.9. The second kappa shape index (κ2) is 8.22. The first kappa shape index (κ1) is 17.6. The lowest BCUT2D eigenvalue weighted by Crippen LogP contribution is -2.16. The molecule has 0 aliphatic carbocycles. The van der Waals surface area contributed by atoms with Gasteiger partial charge in [-0.2, -0.15) is 0 Å². The topological polar surface area (TPSA) is 54.9 Å². The smallest absolute Gasteiger partial charge is 0.275 e. The Bertz CT molecular complexity index is 892. The average molecular weight is 418 g/mol. The third-order valence-corrected chi connectivity index (χ3v) is 4.78. The van der Waals surface area contributed by atoms with Crippen LogP contribution in [-0.4, -0.2) is 15.9 Å². The van der Waals surface area contributed by atoms with Crippen LogP contribution in [0.2, 0.25) is 0 Å². The second-order valence-corrected chi connectivity index (χ2v) is 6.85. The Hall–Kier alpha value is -2.25. The van der Waals surface area contributed by atoms with Gasteiger partial charge in [0.25, 0.3) is 5.91 Å². The maximum Gasteiger partial charge on any atom is 0.275 e. The van der Waals surface area contributed by atoms with Crippen molar-refractivity contribution in [3.05, 3.63) is 82.3 Å². The molecule has 0 aliphatic rings. The molecule has 0 aliphatic heterocycles. The molecule has 3 aromatic rings. The fourth-order valence-electron chi connectivity index (χ4n) is 2.05. The van der Waals surface area contributed by atoms with E-state index in [-0.39, 0.29) is 11.4 Å². The number of nitrogens with one attached hydrogen (secondary N) is 1. The maximum absolute atomic E-state index is 13.7. The summed E-state index contributed by atoms with van der Waals surface area (Å²) in [5.41, 5.74) is 1.40. The second-order valence-electron chi connectivity index (χ2n) is 5.06. The number of anilines is 1.